The van der Waals surface area contributed by atoms with E-state index in [1.54, 1.807) is 0 Å². The molecular formula is C19H27BrHfN-. The minimum absolute atomic E-state index is 0. The molecule has 0 saturated carbocycles. The van der Waals surface area contributed by atoms with Crippen LogP contribution in [0.25, 0.3) is 0 Å². The van der Waals surface area contributed by atoms with Gasteiger partial charge in [-0.05, 0) is 11.6 Å². The van der Waals surface area contributed by atoms with E-state index in [-0.39, 0.29) is 31.3 Å². The molecule has 2 rings (SSSR count). The molecular weight excluding hydrogens is 501 g/mol. The average molecular weight is 528 g/mol. The molecule has 0 amide bonds. The van der Waals surface area contributed by atoms with Crippen LogP contribution in [0.1, 0.15) is 40.2 Å². The van der Waals surface area contributed by atoms with E-state index in [0.29, 0.717) is 0 Å². The molecule has 0 unspecified atom stereocenters. The fraction of sp³-hybridized carbons (Fsp3) is 0.474. The summed E-state index contributed by atoms with van der Waals surface area (Å²) in [4.78, 5) is 2.12. The zero-order chi connectivity index (χ0) is 16.2. The zero-order valence-electron chi connectivity index (χ0n) is 14.8. The average Bonchev–Trinajstić information content (AvgIpc) is 2.62. The molecule has 0 heterocycles. The molecule has 0 saturated heterocycles. The molecule has 0 bridgehead atoms. The Kier molecular flexibility index (Phi) is 9.16. The van der Waals surface area contributed by atoms with Crippen molar-refractivity contribution in [2.75, 3.05) is 19.0 Å². The third kappa shape index (κ3) is 5.49. The number of anilines is 1. The fourth-order valence-corrected chi connectivity index (χ4v) is 2.94. The second-order valence-electron chi connectivity index (χ2n) is 6.28. The van der Waals surface area contributed by atoms with Crippen LogP contribution >= 0.6 is 15.9 Å². The van der Waals surface area contributed by atoms with E-state index in [9.17, 15) is 0 Å². The fourth-order valence-electron chi connectivity index (χ4n) is 2.47. The van der Waals surface area contributed by atoms with Crippen molar-refractivity contribution >= 4 is 21.6 Å². The van der Waals surface area contributed by atoms with E-state index in [4.69, 9.17) is 0 Å². The van der Waals surface area contributed by atoms with Crippen LogP contribution in [0, 0.1) is 11.5 Å². The van der Waals surface area contributed by atoms with Crippen LogP contribution in [0.2, 0.25) is 0 Å². The van der Waals surface area contributed by atoms with Gasteiger partial charge in [-0.15, -0.1) is 6.92 Å². The summed E-state index contributed by atoms with van der Waals surface area (Å²) in [5, 5.41) is 0.918. The molecule has 1 nitrogen and oxygen atoms in total. The van der Waals surface area contributed by atoms with E-state index < -0.39 is 0 Å². The summed E-state index contributed by atoms with van der Waals surface area (Å²) in [6, 6.07) is 8.37. The SMILES string of the molecule is CC1=[C-]C(C)(C)C(C)=C1C.CN(C)c1ccccc1CBr.[Hf]. The Morgan fingerprint density at radius 2 is 1.64 bits per heavy atom. The van der Waals surface area contributed by atoms with Gasteiger partial charge in [0.25, 0.3) is 0 Å². The number of nitrogens with zero attached hydrogens (tertiary/aromatic N) is 1. The van der Waals surface area contributed by atoms with Gasteiger partial charge < -0.3 is 4.90 Å². The smallest absolute Gasteiger partial charge is 0.0402 e. The van der Waals surface area contributed by atoms with E-state index in [1.165, 1.54) is 28.0 Å². The Hall–Kier alpha value is -0.150. The van der Waals surface area contributed by atoms with Crippen molar-refractivity contribution in [1.82, 2.24) is 0 Å². The second kappa shape index (κ2) is 9.22. The van der Waals surface area contributed by atoms with E-state index in [1.807, 2.05) is 0 Å². The zero-order valence-corrected chi connectivity index (χ0v) is 20.0. The standard InChI is InChI=1S/C10H15.C9H12BrN.Hf/c1-7-6-10(4,5)9(3)8(7)2;1-11(2)9-6-4-3-5-8(9)7-10;/h1-5H3;3-6H,7H2,1-2H3;/q-1;;. The van der Waals surface area contributed by atoms with Gasteiger partial charge in [-0.2, -0.15) is 11.1 Å². The Labute approximate surface area is 163 Å². The van der Waals surface area contributed by atoms with Crippen LogP contribution in [-0.2, 0) is 31.2 Å². The summed E-state index contributed by atoms with van der Waals surface area (Å²) in [5.74, 6) is 0. The molecule has 120 valence electrons. The van der Waals surface area contributed by atoms with Crippen molar-refractivity contribution in [3.63, 3.8) is 0 Å². The van der Waals surface area contributed by atoms with Gasteiger partial charge in [-0.3, -0.25) is 6.08 Å². The predicted molar refractivity (Wildman–Crippen MR) is 98.0 cm³/mol. The normalized spacial score (nSPS) is 15.5. The van der Waals surface area contributed by atoms with Gasteiger partial charge >= 0.3 is 0 Å². The molecule has 22 heavy (non-hydrogen) atoms. The third-order valence-electron chi connectivity index (χ3n) is 4.18. The van der Waals surface area contributed by atoms with Crippen LogP contribution in [-0.4, -0.2) is 14.1 Å². The maximum atomic E-state index is 3.45. The molecule has 0 aromatic heterocycles. The van der Waals surface area contributed by atoms with Crippen LogP contribution in [0.5, 0.6) is 0 Å². The number of alkyl halides is 1. The Morgan fingerprint density at radius 1 is 1.09 bits per heavy atom. The van der Waals surface area contributed by atoms with Crippen molar-refractivity contribution in [2.45, 2.75) is 39.9 Å². The van der Waals surface area contributed by atoms with Gasteiger partial charge in [0.15, 0.2) is 0 Å². The number of para-hydroxylation sites is 1. The Morgan fingerprint density at radius 3 is 1.91 bits per heavy atom. The number of hydrogen-bond acceptors (Lipinski definition) is 1. The van der Waals surface area contributed by atoms with Crippen LogP contribution in [0.15, 0.2) is 41.0 Å². The molecule has 0 atom stereocenters. The molecule has 0 fully saturated rings. The molecule has 1 aliphatic carbocycles. The maximum absolute atomic E-state index is 3.45. The van der Waals surface area contributed by atoms with Crippen molar-refractivity contribution in [3.8, 4) is 0 Å². The number of allylic oxidation sites excluding steroid dienone is 4. The third-order valence-corrected chi connectivity index (χ3v) is 4.78. The molecule has 0 aliphatic heterocycles. The largest absolute Gasteiger partial charge is 0.377 e. The van der Waals surface area contributed by atoms with Gasteiger partial charge in [0.1, 0.15) is 0 Å². The second-order valence-corrected chi connectivity index (χ2v) is 6.84. The summed E-state index contributed by atoms with van der Waals surface area (Å²) in [5.41, 5.74) is 7.01. The summed E-state index contributed by atoms with van der Waals surface area (Å²) in [6.07, 6.45) is 3.44. The topological polar surface area (TPSA) is 3.24 Å². The van der Waals surface area contributed by atoms with Crippen molar-refractivity contribution in [1.29, 1.82) is 0 Å². The Balaban J connectivity index is 0.000000385. The van der Waals surface area contributed by atoms with Gasteiger partial charge in [0.2, 0.25) is 0 Å². The van der Waals surface area contributed by atoms with Crippen molar-refractivity contribution in [3.05, 3.63) is 52.6 Å². The van der Waals surface area contributed by atoms with Crippen molar-refractivity contribution in [2.24, 2.45) is 5.41 Å². The monoisotopic (exact) mass is 528 g/mol. The van der Waals surface area contributed by atoms with E-state index in [2.05, 4.69) is 99.9 Å². The number of rotatable bonds is 2. The Bertz CT molecular complexity index is 556. The molecule has 0 radical (unpaired) electrons. The van der Waals surface area contributed by atoms with Gasteiger partial charge in [0, 0.05) is 51.0 Å². The molecule has 1 aromatic carbocycles. The summed E-state index contributed by atoms with van der Waals surface area (Å²) < 4.78 is 0. The van der Waals surface area contributed by atoms with Crippen LogP contribution in [0.3, 0.4) is 0 Å². The first-order valence-corrected chi connectivity index (χ1v) is 8.44. The number of benzene rings is 1. The predicted octanol–water partition coefficient (Wildman–Crippen LogP) is 5.76. The molecule has 0 spiro atoms. The maximum Gasteiger partial charge on any atom is 0.0402 e. The first kappa shape index (κ1) is 21.9. The van der Waals surface area contributed by atoms with E-state index in [0.717, 1.165) is 5.33 Å². The van der Waals surface area contributed by atoms with Gasteiger partial charge in [0.05, 0.1) is 0 Å². The summed E-state index contributed by atoms with van der Waals surface area (Å²) in [7, 11) is 4.11. The van der Waals surface area contributed by atoms with Crippen molar-refractivity contribution < 1.29 is 25.8 Å². The first-order chi connectivity index (χ1) is 9.70. The van der Waals surface area contributed by atoms with Crippen LogP contribution < -0.4 is 4.90 Å². The van der Waals surface area contributed by atoms with Crippen LogP contribution in [0.4, 0.5) is 5.69 Å². The first-order valence-electron chi connectivity index (χ1n) is 7.32. The minimum Gasteiger partial charge on any atom is -0.377 e. The molecule has 0 N–H and O–H groups in total. The summed E-state index contributed by atoms with van der Waals surface area (Å²) >= 11 is 3.45. The quantitative estimate of drug-likeness (QED) is 0.269. The van der Waals surface area contributed by atoms with E-state index >= 15 is 0 Å². The molecule has 1 aliphatic rings. The number of halogens is 1. The minimum atomic E-state index is 0. The van der Waals surface area contributed by atoms with Gasteiger partial charge in [-0.25, -0.2) is 5.57 Å². The molecule has 3 heteroatoms. The number of hydrogen-bond donors (Lipinski definition) is 0. The van der Waals surface area contributed by atoms with Gasteiger partial charge in [-0.1, -0.05) is 67.2 Å². The molecule has 1 aromatic rings. The summed E-state index contributed by atoms with van der Waals surface area (Å²) in [6.45, 7) is 10.9.